The molecule has 3 aromatic rings. The van der Waals surface area contributed by atoms with Crippen LogP contribution in [0.5, 0.6) is 0 Å². The van der Waals surface area contributed by atoms with Gasteiger partial charge in [-0.25, -0.2) is 0 Å². The minimum atomic E-state index is -4.51. The zero-order valence-electron chi connectivity index (χ0n) is 18.4. The molecular weight excluding hydrogens is 429 g/mol. The molecule has 0 saturated carbocycles. The van der Waals surface area contributed by atoms with E-state index in [1.165, 1.54) is 18.9 Å². The first kappa shape index (κ1) is 21.9. The van der Waals surface area contributed by atoms with E-state index in [2.05, 4.69) is 15.1 Å². The van der Waals surface area contributed by atoms with Gasteiger partial charge >= 0.3 is 6.18 Å². The zero-order valence-corrected chi connectivity index (χ0v) is 18.4. The third kappa shape index (κ3) is 4.76. The van der Waals surface area contributed by atoms with Gasteiger partial charge in [0.1, 0.15) is 0 Å². The van der Waals surface area contributed by atoms with Gasteiger partial charge in [0.25, 0.3) is 0 Å². The molecule has 8 heteroatoms. The van der Waals surface area contributed by atoms with E-state index >= 15 is 0 Å². The Bertz CT molecular complexity index is 1140. The molecule has 0 radical (unpaired) electrons. The highest BCUT2D eigenvalue weighted by molar-refractivity contribution is 5.99. The minimum absolute atomic E-state index is 0.0406. The minimum Gasteiger partial charge on any atom is -0.371 e. The number of Topliss-reactive ketones (excluding diaryl/α,β-unsaturated/α-hetero) is 1. The van der Waals surface area contributed by atoms with Gasteiger partial charge in [0.2, 0.25) is 0 Å². The number of nitrogens with one attached hydrogen (secondary N) is 1. The fourth-order valence-electron chi connectivity index (χ4n) is 5.10. The van der Waals surface area contributed by atoms with Gasteiger partial charge in [-0.3, -0.25) is 9.89 Å². The predicted octanol–water partition coefficient (Wildman–Crippen LogP) is 5.07. The molecule has 174 valence electrons. The molecule has 0 atom stereocenters. The van der Waals surface area contributed by atoms with Gasteiger partial charge in [-0.2, -0.15) is 18.3 Å². The van der Waals surface area contributed by atoms with Crippen molar-refractivity contribution >= 4 is 22.4 Å². The summed E-state index contributed by atoms with van der Waals surface area (Å²) in [4.78, 5) is 17.5. The first-order valence-corrected chi connectivity index (χ1v) is 11.5. The van der Waals surface area contributed by atoms with Crippen molar-refractivity contribution in [2.75, 3.05) is 31.1 Å². The number of aromatic amines is 1. The molecule has 2 aromatic carbocycles. The number of ketones is 1. The third-order valence-electron chi connectivity index (χ3n) is 6.92. The van der Waals surface area contributed by atoms with Crippen molar-refractivity contribution in [2.24, 2.45) is 0 Å². The van der Waals surface area contributed by atoms with Crippen molar-refractivity contribution in [1.29, 1.82) is 0 Å². The van der Waals surface area contributed by atoms with Crippen LogP contribution in [0.3, 0.4) is 0 Å². The van der Waals surface area contributed by atoms with Crippen LogP contribution >= 0.6 is 0 Å². The molecule has 2 aliphatic rings. The summed E-state index contributed by atoms with van der Waals surface area (Å²) in [5.74, 6) is -0.322. The normalized spacial score (nSPS) is 18.3. The van der Waals surface area contributed by atoms with Gasteiger partial charge in [-0.15, -0.1) is 0 Å². The number of H-pyrrole nitrogens is 1. The number of hydrogen-bond acceptors (Lipinski definition) is 4. The number of alkyl halides is 3. The first-order chi connectivity index (χ1) is 15.9. The molecule has 0 unspecified atom stereocenters. The molecule has 2 aliphatic heterocycles. The molecule has 5 rings (SSSR count). The van der Waals surface area contributed by atoms with Gasteiger partial charge in [-0.05, 0) is 74.7 Å². The molecule has 0 spiro atoms. The van der Waals surface area contributed by atoms with E-state index in [0.29, 0.717) is 24.8 Å². The van der Waals surface area contributed by atoms with E-state index in [1.807, 2.05) is 17.0 Å². The summed E-state index contributed by atoms with van der Waals surface area (Å²) < 4.78 is 41.0. The second-order valence-electron chi connectivity index (χ2n) is 9.12. The van der Waals surface area contributed by atoms with Crippen LogP contribution in [0.4, 0.5) is 18.9 Å². The van der Waals surface area contributed by atoms with Crippen LogP contribution in [-0.4, -0.2) is 53.1 Å². The summed E-state index contributed by atoms with van der Waals surface area (Å²) in [7, 11) is 0. The van der Waals surface area contributed by atoms with Gasteiger partial charge in [0.05, 0.1) is 17.3 Å². The molecule has 2 saturated heterocycles. The number of benzene rings is 2. The Morgan fingerprint density at radius 2 is 1.79 bits per heavy atom. The Kier molecular flexibility index (Phi) is 5.86. The Morgan fingerprint density at radius 1 is 1.03 bits per heavy atom. The second kappa shape index (κ2) is 8.82. The van der Waals surface area contributed by atoms with Crippen LogP contribution < -0.4 is 4.90 Å². The number of anilines is 1. The SMILES string of the molecule is O=C(Cc1ccc2[nH]ncc2c1)c1cc(N2CCC(N3CCCC3)CC2)cc(C(F)(F)F)c1. The van der Waals surface area contributed by atoms with Crippen molar-refractivity contribution in [3.63, 3.8) is 0 Å². The van der Waals surface area contributed by atoms with Gasteiger partial charge in [0, 0.05) is 42.2 Å². The number of halogens is 3. The molecule has 1 N–H and O–H groups in total. The maximum atomic E-state index is 13.7. The lowest BCUT2D eigenvalue weighted by Crippen LogP contribution is -2.44. The predicted molar refractivity (Wildman–Crippen MR) is 122 cm³/mol. The van der Waals surface area contributed by atoms with Crippen molar-refractivity contribution < 1.29 is 18.0 Å². The van der Waals surface area contributed by atoms with Crippen molar-refractivity contribution in [2.45, 2.75) is 44.3 Å². The standard InChI is InChI=1S/C25H27F3N4O/c26-25(27,28)20-13-18(24(33)12-17-3-4-23-19(11-17)16-29-30-23)14-22(15-20)32-9-5-21(6-10-32)31-7-1-2-8-31/h3-4,11,13-16,21H,1-2,5-10,12H2,(H,29,30). The Labute approximate surface area is 190 Å². The van der Waals surface area contributed by atoms with E-state index < -0.39 is 11.7 Å². The number of carbonyl (C=O) groups excluding carboxylic acids is 1. The summed E-state index contributed by atoms with van der Waals surface area (Å²) in [6, 6.07) is 9.78. The quantitative estimate of drug-likeness (QED) is 0.545. The van der Waals surface area contributed by atoms with Gasteiger partial charge in [-0.1, -0.05) is 6.07 Å². The van der Waals surface area contributed by atoms with Crippen LogP contribution in [0, 0.1) is 0 Å². The van der Waals surface area contributed by atoms with Gasteiger partial charge in [0.15, 0.2) is 5.78 Å². The highest BCUT2D eigenvalue weighted by Crippen LogP contribution is 2.34. The summed E-state index contributed by atoms with van der Waals surface area (Å²) in [6.07, 6.45) is 1.53. The number of likely N-dealkylation sites (tertiary alicyclic amines) is 1. The number of hydrogen-bond donors (Lipinski definition) is 1. The summed E-state index contributed by atoms with van der Waals surface area (Å²) >= 11 is 0. The lowest BCUT2D eigenvalue weighted by molar-refractivity contribution is -0.137. The molecule has 0 amide bonds. The van der Waals surface area contributed by atoms with E-state index in [-0.39, 0.29) is 17.8 Å². The largest absolute Gasteiger partial charge is 0.416 e. The smallest absolute Gasteiger partial charge is 0.371 e. The highest BCUT2D eigenvalue weighted by atomic mass is 19.4. The molecule has 33 heavy (non-hydrogen) atoms. The third-order valence-corrected chi connectivity index (χ3v) is 6.92. The van der Waals surface area contributed by atoms with E-state index in [9.17, 15) is 18.0 Å². The van der Waals surface area contributed by atoms with E-state index in [1.54, 1.807) is 18.3 Å². The fourth-order valence-corrected chi connectivity index (χ4v) is 5.10. The summed E-state index contributed by atoms with van der Waals surface area (Å²) in [6.45, 7) is 3.65. The number of piperidine rings is 1. The highest BCUT2D eigenvalue weighted by Gasteiger charge is 2.33. The van der Waals surface area contributed by atoms with Crippen LogP contribution in [0.2, 0.25) is 0 Å². The van der Waals surface area contributed by atoms with Crippen LogP contribution in [-0.2, 0) is 12.6 Å². The van der Waals surface area contributed by atoms with Crippen molar-refractivity contribution in [3.05, 3.63) is 59.3 Å². The molecular formula is C25H27F3N4O. The van der Waals surface area contributed by atoms with Crippen molar-refractivity contribution in [3.8, 4) is 0 Å². The van der Waals surface area contributed by atoms with Crippen LogP contribution in [0.1, 0.15) is 47.2 Å². The number of carbonyl (C=O) groups is 1. The number of aromatic nitrogens is 2. The molecule has 3 heterocycles. The number of rotatable bonds is 5. The Hall–Kier alpha value is -2.87. The van der Waals surface area contributed by atoms with Crippen LogP contribution in [0.25, 0.3) is 10.9 Å². The maximum Gasteiger partial charge on any atom is 0.416 e. The molecule has 2 fully saturated rings. The van der Waals surface area contributed by atoms with Gasteiger partial charge < -0.3 is 9.80 Å². The van der Waals surface area contributed by atoms with Crippen molar-refractivity contribution in [1.82, 2.24) is 15.1 Å². The lowest BCUT2D eigenvalue weighted by Gasteiger charge is -2.38. The summed E-state index contributed by atoms with van der Waals surface area (Å²) in [5.41, 5.74) is 1.42. The topological polar surface area (TPSA) is 52.2 Å². The van der Waals surface area contributed by atoms with Crippen LogP contribution in [0.15, 0.2) is 42.6 Å². The zero-order chi connectivity index (χ0) is 23.0. The Balaban J connectivity index is 1.36. The number of fused-ring (bicyclic) bond motifs is 1. The fraction of sp³-hybridized carbons (Fsp3) is 0.440. The molecule has 0 bridgehead atoms. The average molecular weight is 457 g/mol. The molecule has 5 nitrogen and oxygen atoms in total. The maximum absolute atomic E-state index is 13.7. The monoisotopic (exact) mass is 456 g/mol. The first-order valence-electron chi connectivity index (χ1n) is 11.5. The second-order valence-corrected chi connectivity index (χ2v) is 9.12. The molecule has 0 aliphatic carbocycles. The van der Waals surface area contributed by atoms with E-state index in [4.69, 9.17) is 0 Å². The lowest BCUT2D eigenvalue weighted by atomic mass is 9.98. The Morgan fingerprint density at radius 3 is 2.52 bits per heavy atom. The molecule has 1 aromatic heterocycles. The van der Waals surface area contributed by atoms with E-state index in [0.717, 1.165) is 48.5 Å². The summed E-state index contributed by atoms with van der Waals surface area (Å²) in [5, 5.41) is 7.69. The average Bonchev–Trinajstić information content (AvgIpc) is 3.50. The number of nitrogens with zero attached hydrogens (tertiary/aromatic N) is 3.